The molecule has 0 saturated heterocycles. The van der Waals surface area contributed by atoms with Gasteiger partial charge in [-0.2, -0.15) is 0 Å². The zero-order valence-corrected chi connectivity index (χ0v) is 13.9. The molecule has 0 aliphatic rings. The molecule has 110 valence electrons. The van der Waals surface area contributed by atoms with Gasteiger partial charge in [-0.25, -0.2) is 4.39 Å². The Morgan fingerprint density at radius 1 is 1.24 bits per heavy atom. The molecule has 1 amide bonds. The van der Waals surface area contributed by atoms with Gasteiger partial charge in [0.05, 0.1) is 5.75 Å². The average molecular weight is 368 g/mol. The fourth-order valence-corrected chi connectivity index (χ4v) is 2.99. The van der Waals surface area contributed by atoms with Crippen LogP contribution in [-0.4, -0.2) is 11.7 Å². The lowest BCUT2D eigenvalue weighted by Crippen LogP contribution is -2.24. The molecule has 1 N–H and O–H groups in total. The first-order chi connectivity index (χ1) is 10.0. The highest BCUT2D eigenvalue weighted by molar-refractivity contribution is 9.10. The third-order valence-corrected chi connectivity index (χ3v) is 4.27. The van der Waals surface area contributed by atoms with Gasteiger partial charge in [-0.3, -0.25) is 4.79 Å². The molecular formula is C16H15BrFNOS. The van der Waals surface area contributed by atoms with Crippen LogP contribution in [0.1, 0.15) is 11.1 Å². The van der Waals surface area contributed by atoms with E-state index in [1.54, 1.807) is 6.07 Å². The van der Waals surface area contributed by atoms with Crippen molar-refractivity contribution >= 4 is 33.6 Å². The molecule has 0 unspecified atom stereocenters. The topological polar surface area (TPSA) is 29.1 Å². The lowest BCUT2D eigenvalue weighted by molar-refractivity contribution is -0.118. The molecule has 0 aliphatic heterocycles. The van der Waals surface area contributed by atoms with Crippen LogP contribution in [0, 0.1) is 12.7 Å². The highest BCUT2D eigenvalue weighted by Crippen LogP contribution is 2.18. The minimum Gasteiger partial charge on any atom is -0.351 e. The molecule has 0 radical (unpaired) electrons. The maximum atomic E-state index is 13.2. The van der Waals surface area contributed by atoms with Crippen LogP contribution < -0.4 is 5.32 Å². The SMILES string of the molecule is Cc1ccc(SCC(=O)NCc2cc(F)cc(Br)c2)cc1. The maximum absolute atomic E-state index is 13.2. The van der Waals surface area contributed by atoms with Gasteiger partial charge < -0.3 is 5.32 Å². The summed E-state index contributed by atoms with van der Waals surface area (Å²) in [4.78, 5) is 12.8. The largest absolute Gasteiger partial charge is 0.351 e. The Morgan fingerprint density at radius 3 is 2.62 bits per heavy atom. The number of thioether (sulfide) groups is 1. The van der Waals surface area contributed by atoms with E-state index in [0.29, 0.717) is 16.8 Å². The van der Waals surface area contributed by atoms with Crippen LogP contribution in [-0.2, 0) is 11.3 Å². The Morgan fingerprint density at radius 2 is 1.95 bits per heavy atom. The van der Waals surface area contributed by atoms with Crippen molar-refractivity contribution in [2.75, 3.05) is 5.75 Å². The van der Waals surface area contributed by atoms with Crippen LogP contribution in [0.5, 0.6) is 0 Å². The number of hydrogen-bond donors (Lipinski definition) is 1. The van der Waals surface area contributed by atoms with Gasteiger partial charge in [0.2, 0.25) is 5.91 Å². The van der Waals surface area contributed by atoms with Gasteiger partial charge in [-0.15, -0.1) is 11.8 Å². The van der Waals surface area contributed by atoms with E-state index in [2.05, 4.69) is 21.2 Å². The first-order valence-corrected chi connectivity index (χ1v) is 8.22. The van der Waals surface area contributed by atoms with Gasteiger partial charge in [0, 0.05) is 15.9 Å². The molecule has 0 atom stereocenters. The molecule has 0 saturated carbocycles. The summed E-state index contributed by atoms with van der Waals surface area (Å²) >= 11 is 4.71. The summed E-state index contributed by atoms with van der Waals surface area (Å²) in [6.07, 6.45) is 0. The normalized spacial score (nSPS) is 10.4. The van der Waals surface area contributed by atoms with Gasteiger partial charge in [0.25, 0.3) is 0 Å². The van der Waals surface area contributed by atoms with Gasteiger partial charge >= 0.3 is 0 Å². The van der Waals surface area contributed by atoms with E-state index >= 15 is 0 Å². The third-order valence-electron chi connectivity index (χ3n) is 2.80. The maximum Gasteiger partial charge on any atom is 0.230 e. The lowest BCUT2D eigenvalue weighted by atomic mass is 10.2. The van der Waals surface area contributed by atoms with Crippen LogP contribution in [0.15, 0.2) is 51.8 Å². The second-order valence-corrected chi connectivity index (χ2v) is 6.62. The summed E-state index contributed by atoms with van der Waals surface area (Å²) in [6.45, 7) is 2.35. The van der Waals surface area contributed by atoms with Gasteiger partial charge in [-0.05, 0) is 42.8 Å². The first kappa shape index (κ1) is 16.0. The predicted molar refractivity (Wildman–Crippen MR) is 87.8 cm³/mol. The number of rotatable bonds is 5. The molecular weight excluding hydrogens is 353 g/mol. The summed E-state index contributed by atoms with van der Waals surface area (Å²) in [5.41, 5.74) is 1.93. The van der Waals surface area contributed by atoms with Crippen LogP contribution in [0.3, 0.4) is 0 Å². The van der Waals surface area contributed by atoms with E-state index < -0.39 is 0 Å². The number of hydrogen-bond acceptors (Lipinski definition) is 2. The van der Waals surface area contributed by atoms with Crippen molar-refractivity contribution in [1.82, 2.24) is 5.32 Å². The van der Waals surface area contributed by atoms with Crippen LogP contribution in [0.4, 0.5) is 4.39 Å². The fourth-order valence-electron chi connectivity index (χ4n) is 1.75. The first-order valence-electron chi connectivity index (χ1n) is 6.44. The summed E-state index contributed by atoms with van der Waals surface area (Å²) in [5.74, 6) is -0.0388. The number of nitrogens with one attached hydrogen (secondary N) is 1. The quantitative estimate of drug-likeness (QED) is 0.797. The third kappa shape index (κ3) is 5.52. The minimum atomic E-state index is -0.317. The summed E-state index contributed by atoms with van der Waals surface area (Å²) in [6, 6.07) is 12.6. The van der Waals surface area contributed by atoms with Crippen molar-refractivity contribution < 1.29 is 9.18 Å². The Bertz CT molecular complexity index is 610. The highest BCUT2D eigenvalue weighted by atomic mass is 79.9. The molecule has 0 heterocycles. The summed E-state index contributed by atoms with van der Waals surface area (Å²) < 4.78 is 13.9. The molecule has 0 fully saturated rings. The molecule has 5 heteroatoms. The fraction of sp³-hybridized carbons (Fsp3) is 0.188. The Kier molecular flexibility index (Phi) is 5.82. The number of amides is 1. The Labute approximate surface area is 136 Å². The molecule has 0 bridgehead atoms. The number of carbonyl (C=O) groups excluding carboxylic acids is 1. The number of aryl methyl sites for hydroxylation is 1. The molecule has 2 rings (SSSR count). The summed E-state index contributed by atoms with van der Waals surface area (Å²) in [5, 5.41) is 2.79. The molecule has 0 aromatic heterocycles. The van der Waals surface area contributed by atoms with Crippen molar-refractivity contribution in [3.8, 4) is 0 Å². The van der Waals surface area contributed by atoms with E-state index in [4.69, 9.17) is 0 Å². The van der Waals surface area contributed by atoms with Crippen molar-refractivity contribution in [1.29, 1.82) is 0 Å². The minimum absolute atomic E-state index is 0.0686. The summed E-state index contributed by atoms with van der Waals surface area (Å²) in [7, 11) is 0. The van der Waals surface area contributed by atoms with Crippen molar-refractivity contribution in [3.05, 3.63) is 63.9 Å². The number of carbonyl (C=O) groups is 1. The molecule has 2 aromatic carbocycles. The smallest absolute Gasteiger partial charge is 0.230 e. The van der Waals surface area contributed by atoms with Crippen molar-refractivity contribution in [3.63, 3.8) is 0 Å². The second-order valence-electron chi connectivity index (χ2n) is 4.66. The van der Waals surface area contributed by atoms with E-state index in [-0.39, 0.29) is 11.7 Å². The van der Waals surface area contributed by atoms with E-state index in [1.807, 2.05) is 31.2 Å². The molecule has 2 nitrogen and oxygen atoms in total. The standard InChI is InChI=1S/C16H15BrFNOS/c1-11-2-4-15(5-3-11)21-10-16(20)19-9-12-6-13(17)8-14(18)7-12/h2-8H,9-10H2,1H3,(H,19,20). The average Bonchev–Trinajstić information content (AvgIpc) is 2.43. The number of halogens is 2. The van der Waals surface area contributed by atoms with Crippen LogP contribution in [0.2, 0.25) is 0 Å². The van der Waals surface area contributed by atoms with Crippen LogP contribution in [0.25, 0.3) is 0 Å². The van der Waals surface area contributed by atoms with E-state index in [0.717, 1.165) is 10.5 Å². The van der Waals surface area contributed by atoms with Gasteiger partial charge in [-0.1, -0.05) is 33.6 Å². The molecule has 2 aromatic rings. The van der Waals surface area contributed by atoms with Crippen molar-refractivity contribution in [2.45, 2.75) is 18.4 Å². The molecule has 0 aliphatic carbocycles. The number of benzene rings is 2. The van der Waals surface area contributed by atoms with Crippen molar-refractivity contribution in [2.24, 2.45) is 0 Å². The van der Waals surface area contributed by atoms with Crippen LogP contribution >= 0.6 is 27.7 Å². The predicted octanol–water partition coefficient (Wildman–Crippen LogP) is 4.31. The van der Waals surface area contributed by atoms with E-state index in [9.17, 15) is 9.18 Å². The van der Waals surface area contributed by atoms with Gasteiger partial charge in [0.15, 0.2) is 0 Å². The zero-order chi connectivity index (χ0) is 15.2. The highest BCUT2D eigenvalue weighted by Gasteiger charge is 2.04. The second kappa shape index (κ2) is 7.61. The monoisotopic (exact) mass is 367 g/mol. The molecule has 21 heavy (non-hydrogen) atoms. The zero-order valence-electron chi connectivity index (χ0n) is 11.5. The Balaban J connectivity index is 1.80. The van der Waals surface area contributed by atoms with E-state index in [1.165, 1.54) is 29.5 Å². The van der Waals surface area contributed by atoms with Gasteiger partial charge in [0.1, 0.15) is 5.82 Å². The molecule has 0 spiro atoms. The Hall–Kier alpha value is -1.33. The lowest BCUT2D eigenvalue weighted by Gasteiger charge is -2.06.